The van der Waals surface area contributed by atoms with Crippen LogP contribution in [0.25, 0.3) is 0 Å². The third-order valence-corrected chi connectivity index (χ3v) is 3.10. The van der Waals surface area contributed by atoms with Gasteiger partial charge in [0.15, 0.2) is 5.75 Å². The fraction of sp³-hybridized carbons (Fsp3) is 0.400. The van der Waals surface area contributed by atoms with Gasteiger partial charge in [0.05, 0.1) is 6.61 Å². The summed E-state index contributed by atoms with van der Waals surface area (Å²) in [4.78, 5) is 9.86. The molecule has 2 rings (SSSR count). The molecule has 1 aliphatic rings. The van der Waals surface area contributed by atoms with E-state index in [-0.39, 0.29) is 6.10 Å². The van der Waals surface area contributed by atoms with Gasteiger partial charge in [0, 0.05) is 0 Å². The molecule has 1 aromatic rings. The zero-order valence-corrected chi connectivity index (χ0v) is 9.39. The highest BCUT2D eigenvalue weighted by atomic mass is 31.2. The predicted molar refractivity (Wildman–Crippen MR) is 57.8 cm³/mol. The first-order valence-corrected chi connectivity index (χ1v) is 6.78. The fourth-order valence-electron chi connectivity index (χ4n) is 1.09. The van der Waals surface area contributed by atoms with Gasteiger partial charge in [-0.15, -0.1) is 0 Å². The Morgan fingerprint density at radius 2 is 2.13 bits per heavy atom. The smallest absolute Gasteiger partial charge is 0.370 e. The molecule has 5 heteroatoms. The monoisotopic (exact) mass is 229 g/mol. The van der Waals surface area contributed by atoms with E-state index in [1.165, 1.54) is 0 Å². The van der Waals surface area contributed by atoms with E-state index in [1.54, 1.807) is 18.8 Å². The minimum atomic E-state index is -2.76. The average Bonchev–Trinajstić information content (AvgIpc) is 2.99. The lowest BCUT2D eigenvalue weighted by atomic mass is 10.3. The van der Waals surface area contributed by atoms with Crippen LogP contribution in [0.3, 0.4) is 0 Å². The molecule has 2 atom stereocenters. The zero-order valence-electron chi connectivity index (χ0n) is 8.50. The maximum absolute atomic E-state index is 9.86. The van der Waals surface area contributed by atoms with Crippen molar-refractivity contribution in [3.05, 3.63) is 30.3 Å². The van der Waals surface area contributed by atoms with Gasteiger partial charge in [-0.2, -0.15) is 9.42 Å². The highest BCUT2D eigenvalue weighted by molar-refractivity contribution is 7.60. The standard InChI is InChI=1S/C10H14O4P/c1-15(11,13-8-10-7-12-10)14-9-5-3-2-4-6-9/h2-6,10-11H,7-8H2,1H3/q+1. The van der Waals surface area contributed by atoms with Crippen molar-refractivity contribution in [1.82, 2.24) is 0 Å². The molecule has 4 nitrogen and oxygen atoms in total. The number of epoxide rings is 1. The van der Waals surface area contributed by atoms with Crippen LogP contribution in [0.15, 0.2) is 30.3 Å². The number of hydrogen-bond donors (Lipinski definition) is 1. The zero-order chi connectivity index (χ0) is 10.7. The van der Waals surface area contributed by atoms with Crippen molar-refractivity contribution in [2.45, 2.75) is 6.10 Å². The van der Waals surface area contributed by atoms with Crippen LogP contribution >= 0.6 is 7.94 Å². The van der Waals surface area contributed by atoms with E-state index in [2.05, 4.69) is 0 Å². The van der Waals surface area contributed by atoms with E-state index >= 15 is 0 Å². The number of ether oxygens (including phenoxy) is 1. The molecule has 0 amide bonds. The van der Waals surface area contributed by atoms with E-state index in [0.717, 1.165) is 0 Å². The normalized spacial score (nSPS) is 23.2. The summed E-state index contributed by atoms with van der Waals surface area (Å²) in [5.74, 6) is 0.618. The molecule has 1 aromatic carbocycles. The summed E-state index contributed by atoms with van der Waals surface area (Å²) in [5, 5.41) is 0. The van der Waals surface area contributed by atoms with Gasteiger partial charge in [-0.05, 0) is 12.1 Å². The van der Waals surface area contributed by atoms with Gasteiger partial charge in [0.1, 0.15) is 19.4 Å². The molecule has 0 bridgehead atoms. The van der Waals surface area contributed by atoms with Crippen LogP contribution in [0.2, 0.25) is 0 Å². The maximum atomic E-state index is 9.86. The van der Waals surface area contributed by atoms with Crippen LogP contribution in [0.5, 0.6) is 5.75 Å². The Kier molecular flexibility index (Phi) is 3.22. The quantitative estimate of drug-likeness (QED) is 0.618. The van der Waals surface area contributed by atoms with E-state index in [9.17, 15) is 4.89 Å². The first kappa shape index (κ1) is 10.8. The molecule has 15 heavy (non-hydrogen) atoms. The molecular weight excluding hydrogens is 215 g/mol. The van der Waals surface area contributed by atoms with Gasteiger partial charge < -0.3 is 4.74 Å². The Morgan fingerprint density at radius 3 is 2.73 bits per heavy atom. The Morgan fingerprint density at radius 1 is 1.47 bits per heavy atom. The summed E-state index contributed by atoms with van der Waals surface area (Å²) in [6.07, 6.45) is 0.135. The molecule has 1 heterocycles. The molecule has 0 saturated carbocycles. The SMILES string of the molecule is C[P+](O)(OCC1CO1)Oc1ccccc1. The van der Waals surface area contributed by atoms with Gasteiger partial charge in [-0.3, -0.25) is 4.52 Å². The highest BCUT2D eigenvalue weighted by Gasteiger charge is 2.38. The first-order valence-electron chi connectivity index (χ1n) is 4.76. The van der Waals surface area contributed by atoms with E-state index < -0.39 is 7.94 Å². The van der Waals surface area contributed by atoms with Crippen LogP contribution in [-0.2, 0) is 9.26 Å². The molecule has 1 saturated heterocycles. The fourth-order valence-corrected chi connectivity index (χ4v) is 2.10. The van der Waals surface area contributed by atoms with E-state index in [0.29, 0.717) is 19.0 Å². The molecule has 0 aromatic heterocycles. The van der Waals surface area contributed by atoms with Crippen LogP contribution in [0, 0.1) is 0 Å². The van der Waals surface area contributed by atoms with Gasteiger partial charge >= 0.3 is 7.94 Å². The number of para-hydroxylation sites is 1. The Bertz CT molecular complexity index is 310. The lowest BCUT2D eigenvalue weighted by Crippen LogP contribution is -2.08. The van der Waals surface area contributed by atoms with Gasteiger partial charge in [-0.1, -0.05) is 18.2 Å². The Balaban J connectivity index is 1.85. The number of rotatable bonds is 5. The lowest BCUT2D eigenvalue weighted by molar-refractivity contribution is 0.214. The summed E-state index contributed by atoms with van der Waals surface area (Å²) in [7, 11) is -2.76. The molecule has 0 radical (unpaired) electrons. The predicted octanol–water partition coefficient (Wildman–Crippen LogP) is 1.87. The number of benzene rings is 1. The van der Waals surface area contributed by atoms with Crippen molar-refractivity contribution in [2.75, 3.05) is 19.9 Å². The molecule has 0 spiro atoms. The molecule has 2 unspecified atom stereocenters. The van der Waals surface area contributed by atoms with Gasteiger partial charge in [0.2, 0.25) is 0 Å². The van der Waals surface area contributed by atoms with E-state index in [4.69, 9.17) is 13.8 Å². The lowest BCUT2D eigenvalue weighted by Gasteiger charge is -2.12. The van der Waals surface area contributed by atoms with Crippen molar-refractivity contribution in [2.24, 2.45) is 0 Å². The first-order chi connectivity index (χ1) is 7.16. The Labute approximate surface area is 89.4 Å². The number of hydrogen-bond acceptors (Lipinski definition) is 4. The molecule has 1 aliphatic heterocycles. The summed E-state index contributed by atoms with van der Waals surface area (Å²) >= 11 is 0. The average molecular weight is 229 g/mol. The van der Waals surface area contributed by atoms with Crippen LogP contribution in [0.1, 0.15) is 0 Å². The Hall–Kier alpha value is -0.670. The van der Waals surface area contributed by atoms with Crippen LogP contribution in [-0.4, -0.2) is 30.9 Å². The van der Waals surface area contributed by atoms with Crippen molar-refractivity contribution >= 4 is 7.94 Å². The van der Waals surface area contributed by atoms with Crippen LogP contribution < -0.4 is 4.52 Å². The topological polar surface area (TPSA) is 51.2 Å². The largest absolute Gasteiger partial charge is 0.451 e. The van der Waals surface area contributed by atoms with Crippen molar-refractivity contribution in [3.63, 3.8) is 0 Å². The minimum Gasteiger partial charge on any atom is -0.370 e. The third kappa shape index (κ3) is 3.76. The minimum absolute atomic E-state index is 0.135. The van der Waals surface area contributed by atoms with Gasteiger partial charge in [0.25, 0.3) is 0 Å². The van der Waals surface area contributed by atoms with E-state index in [1.807, 2.05) is 18.2 Å². The second-order valence-electron chi connectivity index (χ2n) is 3.46. The second-order valence-corrected chi connectivity index (χ2v) is 5.51. The maximum Gasteiger partial charge on any atom is 0.451 e. The highest BCUT2D eigenvalue weighted by Crippen LogP contribution is 2.53. The van der Waals surface area contributed by atoms with Gasteiger partial charge in [-0.25, -0.2) is 0 Å². The summed E-state index contributed by atoms with van der Waals surface area (Å²) in [5.41, 5.74) is 0. The molecule has 82 valence electrons. The molecule has 0 aliphatic carbocycles. The molecule has 1 fully saturated rings. The summed E-state index contributed by atoms with van der Waals surface area (Å²) in [6.45, 7) is 2.68. The van der Waals surface area contributed by atoms with Crippen LogP contribution in [0.4, 0.5) is 0 Å². The van der Waals surface area contributed by atoms with Crippen molar-refractivity contribution in [3.8, 4) is 5.75 Å². The molecular formula is C10H14O4P+. The van der Waals surface area contributed by atoms with Crippen molar-refractivity contribution in [1.29, 1.82) is 0 Å². The van der Waals surface area contributed by atoms with Crippen molar-refractivity contribution < 1.29 is 18.7 Å². The summed E-state index contributed by atoms with van der Waals surface area (Å²) < 4.78 is 15.6. The molecule has 1 N–H and O–H groups in total. The second kappa shape index (κ2) is 4.45. The third-order valence-electron chi connectivity index (χ3n) is 1.92. The summed E-state index contributed by atoms with van der Waals surface area (Å²) in [6, 6.07) is 9.15.